The first-order chi connectivity index (χ1) is 8.06. The predicted octanol–water partition coefficient (Wildman–Crippen LogP) is 1.42. The Hall–Kier alpha value is -0.610. The fraction of sp³-hybridized carbons (Fsp3) is 0.923. The summed E-state index contributed by atoms with van der Waals surface area (Å²) in [5.74, 6) is 0.344. The molecular formula is C13H25NO3. The highest BCUT2D eigenvalue weighted by Gasteiger charge is 2.29. The lowest BCUT2D eigenvalue weighted by Crippen LogP contribution is -2.46. The molecule has 3 atom stereocenters. The molecule has 0 aromatic heterocycles. The van der Waals surface area contributed by atoms with Crippen molar-refractivity contribution in [2.75, 3.05) is 20.8 Å². The van der Waals surface area contributed by atoms with Crippen LogP contribution in [0.1, 0.15) is 39.0 Å². The maximum atomic E-state index is 12.0. The lowest BCUT2D eigenvalue weighted by atomic mass is 9.91. The molecule has 1 saturated carbocycles. The number of carbonyl (C=O) groups is 1. The van der Waals surface area contributed by atoms with Gasteiger partial charge in [-0.25, -0.2) is 0 Å². The van der Waals surface area contributed by atoms with Crippen LogP contribution in [-0.4, -0.2) is 48.8 Å². The van der Waals surface area contributed by atoms with Gasteiger partial charge in [0.15, 0.2) is 0 Å². The first-order valence-electron chi connectivity index (χ1n) is 6.49. The normalized spacial score (nSPS) is 26.6. The van der Waals surface area contributed by atoms with Crippen molar-refractivity contribution in [1.29, 1.82) is 0 Å². The molecule has 1 aliphatic carbocycles. The topological polar surface area (TPSA) is 49.8 Å². The second kappa shape index (κ2) is 6.97. The fourth-order valence-electron chi connectivity index (χ4n) is 2.51. The Morgan fingerprint density at radius 3 is 2.71 bits per heavy atom. The smallest absolute Gasteiger partial charge is 0.223 e. The third kappa shape index (κ3) is 4.28. The van der Waals surface area contributed by atoms with Gasteiger partial charge in [-0.1, -0.05) is 19.8 Å². The molecule has 4 heteroatoms. The minimum atomic E-state index is -0.351. The minimum Gasteiger partial charge on any atom is -0.391 e. The summed E-state index contributed by atoms with van der Waals surface area (Å²) < 4.78 is 5.03. The van der Waals surface area contributed by atoms with Crippen LogP contribution in [-0.2, 0) is 9.53 Å². The minimum absolute atomic E-state index is 0.00555. The van der Waals surface area contributed by atoms with Gasteiger partial charge in [0, 0.05) is 27.2 Å². The largest absolute Gasteiger partial charge is 0.391 e. The quantitative estimate of drug-likeness (QED) is 0.794. The van der Waals surface area contributed by atoms with E-state index < -0.39 is 0 Å². The zero-order valence-electron chi connectivity index (χ0n) is 11.2. The first kappa shape index (κ1) is 14.5. The average Bonchev–Trinajstić information content (AvgIpc) is 2.29. The summed E-state index contributed by atoms with van der Waals surface area (Å²) in [7, 11) is 3.46. The number of carbonyl (C=O) groups excluding carboxylic acids is 1. The van der Waals surface area contributed by atoms with Gasteiger partial charge >= 0.3 is 0 Å². The van der Waals surface area contributed by atoms with Crippen LogP contribution < -0.4 is 0 Å². The van der Waals surface area contributed by atoms with Gasteiger partial charge in [0.1, 0.15) is 0 Å². The van der Waals surface area contributed by atoms with E-state index in [1.165, 1.54) is 0 Å². The van der Waals surface area contributed by atoms with Gasteiger partial charge in [-0.2, -0.15) is 0 Å². The van der Waals surface area contributed by atoms with E-state index in [4.69, 9.17) is 4.74 Å². The van der Waals surface area contributed by atoms with Crippen molar-refractivity contribution >= 4 is 5.91 Å². The Kier molecular flexibility index (Phi) is 5.92. The van der Waals surface area contributed by atoms with Crippen LogP contribution in [0.25, 0.3) is 0 Å². The van der Waals surface area contributed by atoms with Gasteiger partial charge in [0.2, 0.25) is 5.91 Å². The van der Waals surface area contributed by atoms with Crippen molar-refractivity contribution in [3.63, 3.8) is 0 Å². The van der Waals surface area contributed by atoms with Gasteiger partial charge in [0.25, 0.3) is 0 Å². The van der Waals surface area contributed by atoms with E-state index >= 15 is 0 Å². The summed E-state index contributed by atoms with van der Waals surface area (Å²) in [6.45, 7) is 2.61. The van der Waals surface area contributed by atoms with Crippen molar-refractivity contribution in [3.05, 3.63) is 0 Å². The van der Waals surface area contributed by atoms with Crippen molar-refractivity contribution in [1.82, 2.24) is 4.90 Å². The molecule has 0 bridgehead atoms. The molecule has 1 amide bonds. The summed E-state index contributed by atoms with van der Waals surface area (Å²) in [6, 6.07) is 0.00555. The molecule has 17 heavy (non-hydrogen) atoms. The number of aliphatic hydroxyl groups excluding tert-OH is 1. The Morgan fingerprint density at radius 1 is 1.47 bits per heavy atom. The van der Waals surface area contributed by atoms with Crippen LogP contribution in [0.3, 0.4) is 0 Å². The number of likely N-dealkylation sites (N-methyl/N-ethyl adjacent to an activating group) is 1. The molecule has 4 nitrogen and oxygen atoms in total. The molecule has 1 N–H and O–H groups in total. The number of hydrogen-bond acceptors (Lipinski definition) is 3. The maximum absolute atomic E-state index is 12.0. The van der Waals surface area contributed by atoms with Gasteiger partial charge in [-0.05, 0) is 18.8 Å². The third-order valence-electron chi connectivity index (χ3n) is 3.56. The van der Waals surface area contributed by atoms with E-state index in [0.29, 0.717) is 13.0 Å². The lowest BCUT2D eigenvalue weighted by molar-refractivity contribution is -0.136. The average molecular weight is 243 g/mol. The zero-order valence-corrected chi connectivity index (χ0v) is 11.2. The molecule has 1 rings (SSSR count). The monoisotopic (exact) mass is 243 g/mol. The number of nitrogens with zero attached hydrogens (tertiary/aromatic N) is 1. The highest BCUT2D eigenvalue weighted by atomic mass is 16.5. The van der Waals surface area contributed by atoms with Crippen LogP contribution in [0.4, 0.5) is 0 Å². The fourth-order valence-corrected chi connectivity index (χ4v) is 2.51. The van der Waals surface area contributed by atoms with E-state index in [9.17, 15) is 9.90 Å². The van der Waals surface area contributed by atoms with Crippen LogP contribution >= 0.6 is 0 Å². The number of aliphatic hydroxyl groups is 1. The second-order valence-electron chi connectivity index (χ2n) is 5.19. The zero-order chi connectivity index (χ0) is 12.8. The molecule has 0 aromatic carbocycles. The van der Waals surface area contributed by atoms with E-state index in [0.717, 1.165) is 25.7 Å². The van der Waals surface area contributed by atoms with Gasteiger partial charge in [0.05, 0.1) is 12.1 Å². The molecule has 0 radical (unpaired) electrons. The van der Waals surface area contributed by atoms with Crippen LogP contribution in [0.2, 0.25) is 0 Å². The molecule has 0 heterocycles. The first-order valence-corrected chi connectivity index (χ1v) is 6.49. The van der Waals surface area contributed by atoms with Crippen molar-refractivity contribution in [2.45, 2.75) is 51.2 Å². The number of methoxy groups -OCH3 is 1. The summed E-state index contributed by atoms with van der Waals surface area (Å²) >= 11 is 0. The highest BCUT2D eigenvalue weighted by Crippen LogP contribution is 2.23. The van der Waals surface area contributed by atoms with Crippen molar-refractivity contribution < 1.29 is 14.6 Å². The number of amides is 1. The van der Waals surface area contributed by atoms with Gasteiger partial charge in [-0.15, -0.1) is 0 Å². The van der Waals surface area contributed by atoms with Crippen LogP contribution in [0, 0.1) is 5.92 Å². The second-order valence-corrected chi connectivity index (χ2v) is 5.19. The summed E-state index contributed by atoms with van der Waals surface area (Å²) in [4.78, 5) is 13.8. The van der Waals surface area contributed by atoms with Crippen LogP contribution in [0.5, 0.6) is 0 Å². The van der Waals surface area contributed by atoms with Gasteiger partial charge < -0.3 is 14.7 Å². The lowest BCUT2D eigenvalue weighted by Gasteiger charge is -2.35. The molecule has 100 valence electrons. The Balaban J connectivity index is 2.44. The number of rotatable bonds is 5. The van der Waals surface area contributed by atoms with Gasteiger partial charge in [-0.3, -0.25) is 4.79 Å². The molecule has 0 aliphatic heterocycles. The van der Waals surface area contributed by atoms with E-state index in [-0.39, 0.29) is 24.0 Å². The number of ether oxygens (including phenoxy) is 1. The van der Waals surface area contributed by atoms with Crippen LogP contribution in [0.15, 0.2) is 0 Å². The Labute approximate surface area is 104 Å². The van der Waals surface area contributed by atoms with E-state index in [2.05, 4.69) is 0 Å². The molecule has 3 unspecified atom stereocenters. The predicted molar refractivity (Wildman–Crippen MR) is 66.7 cm³/mol. The van der Waals surface area contributed by atoms with E-state index in [1.54, 1.807) is 19.1 Å². The molecule has 0 spiro atoms. The maximum Gasteiger partial charge on any atom is 0.223 e. The van der Waals surface area contributed by atoms with E-state index in [1.807, 2.05) is 6.92 Å². The van der Waals surface area contributed by atoms with Crippen molar-refractivity contribution in [3.8, 4) is 0 Å². The molecule has 1 fully saturated rings. The number of hydrogen-bond donors (Lipinski definition) is 1. The SMILES string of the molecule is COCC(C)CC(=O)N(C)C1CCCCC1O. The standard InChI is InChI=1S/C13H25NO3/c1-10(9-17-3)8-13(16)14(2)11-6-4-5-7-12(11)15/h10-12,15H,4-9H2,1-3H3. The molecule has 0 aromatic rings. The van der Waals surface area contributed by atoms with Crippen molar-refractivity contribution in [2.24, 2.45) is 5.92 Å². The third-order valence-corrected chi connectivity index (χ3v) is 3.56. The summed E-state index contributed by atoms with van der Waals surface area (Å²) in [5.41, 5.74) is 0. The Morgan fingerprint density at radius 2 is 2.12 bits per heavy atom. The molecular weight excluding hydrogens is 218 g/mol. The molecule has 0 saturated heterocycles. The summed E-state index contributed by atoms with van der Waals surface area (Å²) in [6.07, 6.45) is 4.05. The Bertz CT molecular complexity index is 245. The summed E-state index contributed by atoms with van der Waals surface area (Å²) in [5, 5.41) is 9.91. The highest BCUT2D eigenvalue weighted by molar-refractivity contribution is 5.76. The molecule has 1 aliphatic rings.